The van der Waals surface area contributed by atoms with E-state index in [1.807, 2.05) is 13.2 Å². The van der Waals surface area contributed by atoms with Crippen molar-refractivity contribution in [1.82, 2.24) is 20.5 Å². The number of aliphatic imine (C=N–C) groups is 1. The predicted octanol–water partition coefficient (Wildman–Crippen LogP) is 2.40. The van der Waals surface area contributed by atoms with Crippen LogP contribution in [0.4, 0.5) is 5.82 Å². The highest BCUT2D eigenvalue weighted by molar-refractivity contribution is 14.0. The number of aromatic nitrogens is 1. The summed E-state index contributed by atoms with van der Waals surface area (Å²) >= 11 is 2.06. The van der Waals surface area contributed by atoms with Gasteiger partial charge in [-0.1, -0.05) is 6.07 Å². The van der Waals surface area contributed by atoms with Crippen LogP contribution < -0.4 is 15.5 Å². The third kappa shape index (κ3) is 6.67. The normalized spacial score (nSPS) is 23.8. The number of nitrogens with zero attached hydrogens (tertiary/aromatic N) is 4. The van der Waals surface area contributed by atoms with Crippen molar-refractivity contribution in [2.24, 2.45) is 4.99 Å². The minimum atomic E-state index is 0. The van der Waals surface area contributed by atoms with Crippen molar-refractivity contribution in [2.75, 3.05) is 57.5 Å². The van der Waals surface area contributed by atoms with Gasteiger partial charge in [0.2, 0.25) is 0 Å². The van der Waals surface area contributed by atoms with E-state index in [2.05, 4.69) is 68.3 Å². The van der Waals surface area contributed by atoms with E-state index in [-0.39, 0.29) is 24.0 Å². The summed E-state index contributed by atoms with van der Waals surface area (Å²) < 4.78 is 0.337. The molecule has 0 aromatic carbocycles. The van der Waals surface area contributed by atoms with Crippen LogP contribution in [0.3, 0.4) is 0 Å². The molecule has 2 aliphatic heterocycles. The molecule has 2 saturated heterocycles. The smallest absolute Gasteiger partial charge is 0.191 e. The van der Waals surface area contributed by atoms with Gasteiger partial charge in [-0.05, 0) is 44.2 Å². The number of halogens is 1. The van der Waals surface area contributed by atoms with Crippen molar-refractivity contribution >= 4 is 47.5 Å². The maximum absolute atomic E-state index is 4.66. The van der Waals surface area contributed by atoms with Crippen molar-refractivity contribution in [1.29, 1.82) is 0 Å². The minimum absolute atomic E-state index is 0. The monoisotopic (exact) mass is 504 g/mol. The highest BCUT2D eigenvalue weighted by atomic mass is 127. The van der Waals surface area contributed by atoms with Crippen molar-refractivity contribution in [3.05, 3.63) is 23.9 Å². The summed E-state index contributed by atoms with van der Waals surface area (Å²) in [6.45, 7) is 8.33. The molecule has 27 heavy (non-hydrogen) atoms. The number of hydrogen-bond donors (Lipinski definition) is 2. The molecule has 0 aliphatic carbocycles. The van der Waals surface area contributed by atoms with Gasteiger partial charge in [0.1, 0.15) is 5.82 Å². The molecule has 0 spiro atoms. The number of hydrogen-bond acceptors (Lipinski definition) is 5. The second-order valence-corrected chi connectivity index (χ2v) is 9.18. The van der Waals surface area contributed by atoms with E-state index in [9.17, 15) is 0 Å². The Morgan fingerprint density at radius 3 is 2.63 bits per heavy atom. The first kappa shape index (κ1) is 22.5. The average Bonchev–Trinajstić information content (AvgIpc) is 3.10. The molecule has 0 amide bonds. The van der Waals surface area contributed by atoms with Crippen LogP contribution in [0, 0.1) is 0 Å². The highest BCUT2D eigenvalue weighted by Crippen LogP contribution is 2.36. The van der Waals surface area contributed by atoms with Crippen molar-refractivity contribution < 1.29 is 0 Å². The molecule has 0 bridgehead atoms. The topological polar surface area (TPSA) is 55.8 Å². The van der Waals surface area contributed by atoms with Crippen LogP contribution in [0.2, 0.25) is 0 Å². The molecular weight excluding hydrogens is 471 g/mol. The number of guanidine groups is 1. The third-order valence-electron chi connectivity index (χ3n) is 5.25. The molecule has 1 aromatic rings. The molecule has 0 radical (unpaired) electrons. The van der Waals surface area contributed by atoms with Gasteiger partial charge in [-0.3, -0.25) is 4.99 Å². The lowest BCUT2D eigenvalue weighted by Crippen LogP contribution is -2.44. The Labute approximate surface area is 185 Å². The zero-order chi connectivity index (χ0) is 18.4. The molecule has 2 N–H and O–H groups in total. The summed E-state index contributed by atoms with van der Waals surface area (Å²) in [4.78, 5) is 13.7. The molecule has 3 heterocycles. The van der Waals surface area contributed by atoms with Crippen molar-refractivity contribution in [3.8, 4) is 0 Å². The van der Waals surface area contributed by atoms with Crippen LogP contribution in [0.5, 0.6) is 0 Å². The summed E-state index contributed by atoms with van der Waals surface area (Å²) in [6, 6.07) is 4.30. The Bertz CT molecular complexity index is 595. The van der Waals surface area contributed by atoms with E-state index in [0.717, 1.165) is 51.0 Å². The van der Waals surface area contributed by atoms with Crippen LogP contribution in [0.25, 0.3) is 0 Å². The number of likely N-dealkylation sites (N-methyl/N-ethyl adjacent to an activating group) is 1. The summed E-state index contributed by atoms with van der Waals surface area (Å²) in [6.07, 6.45) is 4.57. The van der Waals surface area contributed by atoms with E-state index in [1.165, 1.54) is 24.2 Å². The van der Waals surface area contributed by atoms with Crippen LogP contribution in [-0.4, -0.2) is 73.2 Å². The number of pyridine rings is 1. The SMILES string of the molecule is CN=C(NCc1ccc(N2CCN(C)CC2)nc1)NCC1(C)CCCS1.I. The Morgan fingerprint density at radius 1 is 1.26 bits per heavy atom. The molecule has 8 heteroatoms. The first-order valence-corrected chi connectivity index (χ1v) is 10.5. The second-order valence-electron chi connectivity index (χ2n) is 7.50. The number of anilines is 1. The van der Waals surface area contributed by atoms with Crippen LogP contribution in [-0.2, 0) is 6.54 Å². The summed E-state index contributed by atoms with van der Waals surface area (Å²) in [5.74, 6) is 3.22. The van der Waals surface area contributed by atoms with E-state index in [1.54, 1.807) is 0 Å². The third-order valence-corrected chi connectivity index (χ3v) is 6.79. The van der Waals surface area contributed by atoms with Gasteiger partial charge in [0.05, 0.1) is 0 Å². The zero-order valence-corrected chi connectivity index (χ0v) is 19.8. The Kier molecular flexibility index (Phi) is 8.94. The number of rotatable bonds is 5. The van der Waals surface area contributed by atoms with Crippen molar-refractivity contribution in [2.45, 2.75) is 31.1 Å². The fourth-order valence-corrected chi connectivity index (χ4v) is 4.64. The van der Waals surface area contributed by atoms with Gasteiger partial charge in [-0.25, -0.2) is 4.98 Å². The van der Waals surface area contributed by atoms with Gasteiger partial charge in [0.25, 0.3) is 0 Å². The number of nitrogens with one attached hydrogen (secondary N) is 2. The van der Waals surface area contributed by atoms with Gasteiger partial charge in [0, 0.05) is 57.3 Å². The number of piperazine rings is 1. The zero-order valence-electron chi connectivity index (χ0n) is 16.7. The number of thioether (sulfide) groups is 1. The molecule has 1 atom stereocenters. The summed E-state index contributed by atoms with van der Waals surface area (Å²) in [5.41, 5.74) is 1.17. The Hall–Kier alpha value is -0.740. The second kappa shape index (κ2) is 10.7. The Morgan fingerprint density at radius 2 is 2.04 bits per heavy atom. The summed E-state index contributed by atoms with van der Waals surface area (Å²) in [7, 11) is 4.00. The molecule has 6 nitrogen and oxygen atoms in total. The largest absolute Gasteiger partial charge is 0.355 e. The molecule has 3 rings (SSSR count). The predicted molar refractivity (Wildman–Crippen MR) is 128 cm³/mol. The molecule has 0 saturated carbocycles. The lowest BCUT2D eigenvalue weighted by atomic mass is 10.1. The lowest BCUT2D eigenvalue weighted by molar-refractivity contribution is 0.312. The molecular formula is C19H33IN6S. The first-order valence-electron chi connectivity index (χ1n) is 9.55. The molecule has 1 aromatic heterocycles. The van der Waals surface area contributed by atoms with Gasteiger partial charge in [0.15, 0.2) is 5.96 Å². The van der Waals surface area contributed by atoms with Gasteiger partial charge in [-0.15, -0.1) is 24.0 Å². The average molecular weight is 504 g/mol. The fourth-order valence-electron chi connectivity index (χ4n) is 3.40. The van der Waals surface area contributed by atoms with Crippen LogP contribution in [0.1, 0.15) is 25.3 Å². The molecule has 2 fully saturated rings. The summed E-state index contributed by atoms with van der Waals surface area (Å²) in [5, 5.41) is 6.88. The van der Waals surface area contributed by atoms with E-state index < -0.39 is 0 Å². The molecule has 152 valence electrons. The maximum atomic E-state index is 4.66. The van der Waals surface area contributed by atoms with Crippen LogP contribution >= 0.6 is 35.7 Å². The van der Waals surface area contributed by atoms with Gasteiger partial charge < -0.3 is 20.4 Å². The van der Waals surface area contributed by atoms with E-state index >= 15 is 0 Å². The highest BCUT2D eigenvalue weighted by Gasteiger charge is 2.29. The van der Waals surface area contributed by atoms with Gasteiger partial charge in [-0.2, -0.15) is 11.8 Å². The van der Waals surface area contributed by atoms with Crippen LogP contribution in [0.15, 0.2) is 23.3 Å². The lowest BCUT2D eigenvalue weighted by Gasteiger charge is -2.33. The van der Waals surface area contributed by atoms with Crippen molar-refractivity contribution in [3.63, 3.8) is 0 Å². The van der Waals surface area contributed by atoms with E-state index in [0.29, 0.717) is 4.75 Å². The maximum Gasteiger partial charge on any atom is 0.191 e. The molecule has 1 unspecified atom stereocenters. The fraction of sp³-hybridized carbons (Fsp3) is 0.684. The first-order chi connectivity index (χ1) is 12.6. The standard InChI is InChI=1S/C19H32N6S.HI/c1-19(7-4-12-26-19)15-23-18(20-2)22-14-16-5-6-17(21-13-16)25-10-8-24(3)9-11-25;/h5-6,13H,4,7-12,14-15H2,1-3H3,(H2,20,22,23);1H. The quantitative estimate of drug-likeness (QED) is 0.365. The minimum Gasteiger partial charge on any atom is -0.355 e. The van der Waals surface area contributed by atoms with E-state index in [4.69, 9.17) is 0 Å². The van der Waals surface area contributed by atoms with Gasteiger partial charge >= 0.3 is 0 Å². The Balaban J connectivity index is 0.00000261. The molecule has 2 aliphatic rings.